The van der Waals surface area contributed by atoms with Crippen molar-refractivity contribution in [1.29, 1.82) is 0 Å². The van der Waals surface area contributed by atoms with Gasteiger partial charge in [-0.2, -0.15) is 0 Å². The highest BCUT2D eigenvalue weighted by molar-refractivity contribution is 6.21. The van der Waals surface area contributed by atoms with Crippen LogP contribution in [0, 0.1) is 10.1 Å². The number of para-hydroxylation sites is 1. The van der Waals surface area contributed by atoms with E-state index >= 15 is 0 Å². The molecule has 0 spiro atoms. The van der Waals surface area contributed by atoms with Gasteiger partial charge in [0, 0.05) is 6.07 Å². The zero-order valence-corrected chi connectivity index (χ0v) is 9.04. The van der Waals surface area contributed by atoms with Gasteiger partial charge in [-0.05, 0) is 19.1 Å². The number of carbonyl (C=O) groups excluding carboxylic acids is 2. The number of nitro groups is 1. The Bertz CT molecular complexity index is 504. The highest BCUT2D eigenvalue weighted by Gasteiger charge is 2.15. The Labute approximate surface area is 96.9 Å². The molecular weight excluding hydrogens is 224 g/mol. The number of carbonyl (C=O) groups is 2. The molecule has 1 aromatic carbocycles. The first kappa shape index (κ1) is 12.6. The lowest BCUT2D eigenvalue weighted by Gasteiger charge is -2.00. The fourth-order valence-corrected chi connectivity index (χ4v) is 1.28. The van der Waals surface area contributed by atoms with Crippen LogP contribution in [0.5, 0.6) is 0 Å². The number of amides is 1. The fraction of sp³-hybridized carbons (Fsp3) is 0.0909. The number of Topliss-reactive ketones (excluding diaryl/α,β-unsaturated/α-hetero) is 1. The van der Waals surface area contributed by atoms with E-state index in [0.717, 1.165) is 6.08 Å². The van der Waals surface area contributed by atoms with Crippen molar-refractivity contribution in [3.8, 4) is 0 Å². The van der Waals surface area contributed by atoms with Gasteiger partial charge in [-0.3, -0.25) is 19.7 Å². The molecule has 0 aliphatic heterocycles. The topological polar surface area (TPSA) is 103 Å². The predicted octanol–water partition coefficient (Wildman–Crippen LogP) is 1.05. The Hall–Kier alpha value is -2.50. The number of hydrogen-bond acceptors (Lipinski definition) is 4. The maximum atomic E-state index is 11.1. The smallest absolute Gasteiger partial charge is 0.276 e. The van der Waals surface area contributed by atoms with Crippen LogP contribution < -0.4 is 5.73 Å². The molecule has 88 valence electrons. The van der Waals surface area contributed by atoms with Crippen LogP contribution >= 0.6 is 0 Å². The Balaban J connectivity index is 3.34. The van der Waals surface area contributed by atoms with E-state index in [1.807, 2.05) is 0 Å². The molecular formula is C11H10N2O4. The van der Waals surface area contributed by atoms with E-state index in [4.69, 9.17) is 5.73 Å². The zero-order chi connectivity index (χ0) is 13.0. The molecule has 2 N–H and O–H groups in total. The third-order valence-corrected chi connectivity index (χ3v) is 2.08. The predicted molar refractivity (Wildman–Crippen MR) is 60.9 cm³/mol. The van der Waals surface area contributed by atoms with Gasteiger partial charge in [-0.1, -0.05) is 12.1 Å². The van der Waals surface area contributed by atoms with E-state index < -0.39 is 16.6 Å². The van der Waals surface area contributed by atoms with Crippen LogP contribution in [0.4, 0.5) is 5.69 Å². The third-order valence-electron chi connectivity index (χ3n) is 2.08. The van der Waals surface area contributed by atoms with Crippen LogP contribution in [0.1, 0.15) is 12.5 Å². The molecule has 0 unspecified atom stereocenters. The van der Waals surface area contributed by atoms with Crippen LogP contribution in [0.2, 0.25) is 0 Å². The number of nitro benzene ring substituents is 1. The number of hydrogen-bond donors (Lipinski definition) is 1. The summed E-state index contributed by atoms with van der Waals surface area (Å²) in [6, 6.07) is 5.78. The SMILES string of the molecule is CC(=O)/C(=C/c1ccccc1[N+](=O)[O-])C(N)=O. The molecule has 0 aliphatic rings. The Kier molecular flexibility index (Phi) is 3.71. The van der Waals surface area contributed by atoms with Crippen LogP contribution in [0.25, 0.3) is 6.08 Å². The minimum Gasteiger partial charge on any atom is -0.365 e. The molecule has 6 heteroatoms. The van der Waals surface area contributed by atoms with Gasteiger partial charge in [0.2, 0.25) is 0 Å². The van der Waals surface area contributed by atoms with Gasteiger partial charge < -0.3 is 5.73 Å². The van der Waals surface area contributed by atoms with E-state index in [1.54, 1.807) is 6.07 Å². The van der Waals surface area contributed by atoms with E-state index in [1.165, 1.54) is 25.1 Å². The maximum absolute atomic E-state index is 11.1. The molecule has 0 aliphatic carbocycles. The van der Waals surface area contributed by atoms with Gasteiger partial charge in [-0.15, -0.1) is 0 Å². The van der Waals surface area contributed by atoms with Crippen LogP contribution in [0.3, 0.4) is 0 Å². The lowest BCUT2D eigenvalue weighted by atomic mass is 10.1. The van der Waals surface area contributed by atoms with Gasteiger partial charge in [0.25, 0.3) is 11.6 Å². The molecule has 0 atom stereocenters. The molecule has 0 aromatic heterocycles. The Morgan fingerprint density at radius 2 is 1.94 bits per heavy atom. The first-order valence-electron chi connectivity index (χ1n) is 4.69. The number of nitrogens with two attached hydrogens (primary N) is 1. The van der Waals surface area contributed by atoms with Crippen LogP contribution in [0.15, 0.2) is 29.8 Å². The summed E-state index contributed by atoms with van der Waals surface area (Å²) in [6.45, 7) is 1.17. The molecule has 6 nitrogen and oxygen atoms in total. The van der Waals surface area contributed by atoms with Crippen molar-refractivity contribution in [1.82, 2.24) is 0 Å². The highest BCUT2D eigenvalue weighted by atomic mass is 16.6. The monoisotopic (exact) mass is 234 g/mol. The summed E-state index contributed by atoms with van der Waals surface area (Å²) >= 11 is 0. The summed E-state index contributed by atoms with van der Waals surface area (Å²) < 4.78 is 0. The van der Waals surface area contributed by atoms with Crippen molar-refractivity contribution in [2.24, 2.45) is 5.73 Å². The average Bonchev–Trinajstić information content (AvgIpc) is 2.25. The number of rotatable bonds is 4. The molecule has 0 fully saturated rings. The number of ketones is 1. The molecule has 0 saturated heterocycles. The zero-order valence-electron chi connectivity index (χ0n) is 9.04. The van der Waals surface area contributed by atoms with Gasteiger partial charge >= 0.3 is 0 Å². The van der Waals surface area contributed by atoms with E-state index in [0.29, 0.717) is 0 Å². The van der Waals surface area contributed by atoms with Gasteiger partial charge in [0.15, 0.2) is 5.78 Å². The van der Waals surface area contributed by atoms with Crippen LogP contribution in [-0.2, 0) is 9.59 Å². The molecule has 1 rings (SSSR count). The lowest BCUT2D eigenvalue weighted by Crippen LogP contribution is -2.18. The molecule has 17 heavy (non-hydrogen) atoms. The van der Waals surface area contributed by atoms with Gasteiger partial charge in [-0.25, -0.2) is 0 Å². The molecule has 1 aromatic rings. The lowest BCUT2D eigenvalue weighted by molar-refractivity contribution is -0.385. The van der Waals surface area contributed by atoms with E-state index in [2.05, 4.69) is 0 Å². The first-order chi connectivity index (χ1) is 7.93. The molecule has 0 saturated carbocycles. The highest BCUT2D eigenvalue weighted by Crippen LogP contribution is 2.20. The summed E-state index contributed by atoms with van der Waals surface area (Å²) in [5.74, 6) is -1.44. The first-order valence-corrected chi connectivity index (χ1v) is 4.69. The summed E-state index contributed by atoms with van der Waals surface area (Å²) in [4.78, 5) is 32.2. The number of primary amides is 1. The molecule has 1 amide bonds. The molecule has 0 heterocycles. The van der Waals surface area contributed by atoms with Crippen molar-refractivity contribution < 1.29 is 14.5 Å². The second-order valence-electron chi connectivity index (χ2n) is 3.29. The van der Waals surface area contributed by atoms with E-state index in [-0.39, 0.29) is 16.8 Å². The normalized spacial score (nSPS) is 11.0. The van der Waals surface area contributed by atoms with E-state index in [9.17, 15) is 19.7 Å². The second kappa shape index (κ2) is 5.02. The number of nitrogens with zero attached hydrogens (tertiary/aromatic N) is 1. The van der Waals surface area contributed by atoms with Crippen LogP contribution in [-0.4, -0.2) is 16.6 Å². The minimum absolute atomic E-state index is 0.168. The number of benzene rings is 1. The molecule has 0 bridgehead atoms. The molecule has 0 radical (unpaired) electrons. The average molecular weight is 234 g/mol. The second-order valence-corrected chi connectivity index (χ2v) is 3.29. The van der Waals surface area contributed by atoms with Gasteiger partial charge in [0.05, 0.1) is 16.1 Å². The van der Waals surface area contributed by atoms with Crippen molar-refractivity contribution in [2.75, 3.05) is 0 Å². The quantitative estimate of drug-likeness (QED) is 0.276. The van der Waals surface area contributed by atoms with Crippen molar-refractivity contribution in [2.45, 2.75) is 6.92 Å². The summed E-state index contributed by atoms with van der Waals surface area (Å²) in [7, 11) is 0. The Morgan fingerprint density at radius 1 is 1.35 bits per heavy atom. The summed E-state index contributed by atoms with van der Waals surface area (Å²) in [6.07, 6.45) is 1.13. The fourth-order valence-electron chi connectivity index (χ4n) is 1.28. The third kappa shape index (κ3) is 2.97. The maximum Gasteiger partial charge on any atom is 0.276 e. The van der Waals surface area contributed by atoms with Crippen molar-refractivity contribution in [3.63, 3.8) is 0 Å². The standard InChI is InChI=1S/C11H10N2O4/c1-7(14)9(11(12)15)6-8-4-2-3-5-10(8)13(16)17/h2-6H,1H3,(H2,12,15)/b9-6-. The summed E-state index contributed by atoms with van der Waals surface area (Å²) in [5, 5.41) is 10.7. The largest absolute Gasteiger partial charge is 0.365 e. The Morgan fingerprint density at radius 3 is 2.41 bits per heavy atom. The summed E-state index contributed by atoms with van der Waals surface area (Å²) in [5.41, 5.74) is 4.73. The van der Waals surface area contributed by atoms with Crippen molar-refractivity contribution in [3.05, 3.63) is 45.5 Å². The minimum atomic E-state index is -0.907. The van der Waals surface area contributed by atoms with Gasteiger partial charge in [0.1, 0.15) is 0 Å². The van der Waals surface area contributed by atoms with Crippen molar-refractivity contribution >= 4 is 23.5 Å².